The Hall–Kier alpha value is -2.13. The van der Waals surface area contributed by atoms with E-state index in [1.54, 1.807) is 7.05 Å². The molecule has 0 aromatic heterocycles. The molecule has 2 unspecified atom stereocenters. The Morgan fingerprint density at radius 3 is 2.60 bits per heavy atom. The maximum absolute atomic E-state index is 12.4. The first-order chi connectivity index (χ1) is 11.9. The number of β-amino-alcohol motifs (C(OH)–C–C–N with tert-alkyl or cyclic N) is 1. The van der Waals surface area contributed by atoms with E-state index < -0.39 is 18.2 Å². The molecule has 138 valence electrons. The zero-order chi connectivity index (χ0) is 18.1. The van der Waals surface area contributed by atoms with Gasteiger partial charge in [-0.15, -0.1) is 0 Å². The van der Waals surface area contributed by atoms with Crippen molar-refractivity contribution >= 4 is 17.9 Å². The summed E-state index contributed by atoms with van der Waals surface area (Å²) in [7, 11) is 1.66. The van der Waals surface area contributed by atoms with Crippen molar-refractivity contribution in [2.24, 2.45) is 4.99 Å². The number of hydrogen-bond acceptors (Lipinski definition) is 7. The number of guanidine groups is 1. The van der Waals surface area contributed by atoms with Gasteiger partial charge in [0.25, 0.3) is 5.91 Å². The number of amides is 3. The van der Waals surface area contributed by atoms with Gasteiger partial charge in [0.05, 0.1) is 6.61 Å². The molecule has 0 spiro atoms. The van der Waals surface area contributed by atoms with Gasteiger partial charge in [-0.1, -0.05) is 12.2 Å². The molecule has 3 aliphatic heterocycles. The van der Waals surface area contributed by atoms with E-state index >= 15 is 0 Å². The standard InChI is InChI=1S/C16H26N6O3/c1-11(2)10-22-12-13(19(3)16(25)18-14(12)24)17-15(22)21-6-4-20(5-7-21)8-9-23/h12-13,23H,1,4-10H2,2-3H3,(H,18,24,25). The van der Waals surface area contributed by atoms with Crippen LogP contribution in [0.4, 0.5) is 4.79 Å². The highest BCUT2D eigenvalue weighted by molar-refractivity contribution is 6.03. The van der Waals surface area contributed by atoms with Gasteiger partial charge in [-0.2, -0.15) is 0 Å². The number of nitrogens with zero attached hydrogens (tertiary/aromatic N) is 5. The molecule has 9 nitrogen and oxygen atoms in total. The molecule has 2 saturated heterocycles. The van der Waals surface area contributed by atoms with Gasteiger partial charge >= 0.3 is 6.03 Å². The Morgan fingerprint density at radius 1 is 1.32 bits per heavy atom. The summed E-state index contributed by atoms with van der Waals surface area (Å²) in [6.45, 7) is 10.4. The smallest absolute Gasteiger partial charge is 0.325 e. The lowest BCUT2D eigenvalue weighted by atomic mass is 10.1. The first-order valence-electron chi connectivity index (χ1n) is 8.57. The molecule has 2 N–H and O–H groups in total. The summed E-state index contributed by atoms with van der Waals surface area (Å²) in [4.78, 5) is 36.9. The van der Waals surface area contributed by atoms with E-state index in [4.69, 9.17) is 10.1 Å². The van der Waals surface area contributed by atoms with Gasteiger partial charge in [0.2, 0.25) is 0 Å². The Morgan fingerprint density at radius 2 is 2.00 bits per heavy atom. The minimum Gasteiger partial charge on any atom is -0.395 e. The second-order valence-electron chi connectivity index (χ2n) is 6.83. The monoisotopic (exact) mass is 350 g/mol. The zero-order valence-electron chi connectivity index (χ0n) is 14.8. The number of imide groups is 1. The molecule has 9 heteroatoms. The summed E-state index contributed by atoms with van der Waals surface area (Å²) in [6.07, 6.45) is -0.508. The minimum absolute atomic E-state index is 0.153. The third kappa shape index (κ3) is 3.34. The van der Waals surface area contributed by atoms with Crippen LogP contribution in [-0.4, -0.2) is 108 Å². The average molecular weight is 350 g/mol. The van der Waals surface area contributed by atoms with E-state index in [2.05, 4.69) is 21.7 Å². The summed E-state index contributed by atoms with van der Waals surface area (Å²) >= 11 is 0. The molecule has 3 heterocycles. The van der Waals surface area contributed by atoms with Crippen LogP contribution >= 0.6 is 0 Å². The van der Waals surface area contributed by atoms with E-state index in [0.717, 1.165) is 37.7 Å². The number of aliphatic hydroxyl groups is 1. The third-order valence-corrected chi connectivity index (χ3v) is 4.85. The predicted molar refractivity (Wildman–Crippen MR) is 92.9 cm³/mol. The number of aliphatic hydroxyl groups excluding tert-OH is 1. The molecular formula is C16H26N6O3. The summed E-state index contributed by atoms with van der Waals surface area (Å²) in [5.41, 5.74) is 0.930. The predicted octanol–water partition coefficient (Wildman–Crippen LogP) is -1.28. The molecule has 2 fully saturated rings. The van der Waals surface area contributed by atoms with E-state index in [-0.39, 0.29) is 12.5 Å². The fourth-order valence-corrected chi connectivity index (χ4v) is 3.55. The number of nitrogens with one attached hydrogen (secondary N) is 1. The fraction of sp³-hybridized carbons (Fsp3) is 0.688. The molecule has 3 rings (SSSR count). The summed E-state index contributed by atoms with van der Waals surface area (Å²) in [5.74, 6) is 0.436. The maximum atomic E-state index is 12.4. The quantitative estimate of drug-likeness (QED) is 0.614. The number of rotatable bonds is 4. The molecule has 25 heavy (non-hydrogen) atoms. The van der Waals surface area contributed by atoms with Crippen LogP contribution in [-0.2, 0) is 4.79 Å². The lowest BCUT2D eigenvalue weighted by Crippen LogP contribution is -2.64. The summed E-state index contributed by atoms with van der Waals surface area (Å²) in [6, 6.07) is -0.941. The van der Waals surface area contributed by atoms with Crippen molar-refractivity contribution in [2.45, 2.75) is 19.1 Å². The van der Waals surface area contributed by atoms with Crippen LogP contribution in [0.3, 0.4) is 0 Å². The topological polar surface area (TPSA) is 91.7 Å². The number of aliphatic imine (C=N–C) groups is 1. The molecule has 0 aromatic rings. The Labute approximate surface area is 147 Å². The number of carbonyl (C=O) groups is 2. The SMILES string of the molecule is C=C(C)CN1C(N2CCN(CCO)CC2)=NC2C1C(=O)NC(=O)N2C. The second kappa shape index (κ2) is 7.01. The first-order valence-corrected chi connectivity index (χ1v) is 8.57. The van der Waals surface area contributed by atoms with E-state index in [0.29, 0.717) is 13.1 Å². The first kappa shape index (κ1) is 17.7. The zero-order valence-corrected chi connectivity index (χ0v) is 14.8. The molecule has 3 amide bonds. The van der Waals surface area contributed by atoms with Crippen LogP contribution in [0.1, 0.15) is 6.92 Å². The largest absolute Gasteiger partial charge is 0.395 e. The number of piperazine rings is 1. The van der Waals surface area contributed by atoms with Gasteiger partial charge in [-0.05, 0) is 6.92 Å². The van der Waals surface area contributed by atoms with E-state index in [1.165, 1.54) is 4.90 Å². The Balaban J connectivity index is 1.82. The van der Waals surface area contributed by atoms with Crippen molar-refractivity contribution in [3.8, 4) is 0 Å². The highest BCUT2D eigenvalue weighted by Crippen LogP contribution is 2.26. The Bertz CT molecular complexity index is 599. The second-order valence-corrected chi connectivity index (χ2v) is 6.83. The normalized spacial score (nSPS) is 27.3. The van der Waals surface area contributed by atoms with E-state index in [9.17, 15) is 9.59 Å². The van der Waals surface area contributed by atoms with Crippen LogP contribution in [0.2, 0.25) is 0 Å². The van der Waals surface area contributed by atoms with Gasteiger partial charge in [-0.25, -0.2) is 9.79 Å². The molecule has 0 bridgehead atoms. The number of urea groups is 1. The highest BCUT2D eigenvalue weighted by atomic mass is 16.3. The third-order valence-electron chi connectivity index (χ3n) is 4.85. The van der Waals surface area contributed by atoms with Gasteiger partial charge in [0.15, 0.2) is 18.2 Å². The van der Waals surface area contributed by atoms with Crippen LogP contribution < -0.4 is 5.32 Å². The fourth-order valence-electron chi connectivity index (χ4n) is 3.55. The van der Waals surface area contributed by atoms with Crippen LogP contribution in [0.15, 0.2) is 17.1 Å². The average Bonchev–Trinajstić information content (AvgIpc) is 2.93. The lowest BCUT2D eigenvalue weighted by molar-refractivity contribution is -0.127. The van der Waals surface area contributed by atoms with E-state index in [1.807, 2.05) is 11.8 Å². The minimum atomic E-state index is -0.523. The van der Waals surface area contributed by atoms with Crippen molar-refractivity contribution in [3.05, 3.63) is 12.2 Å². The van der Waals surface area contributed by atoms with Gasteiger partial charge in [-0.3, -0.25) is 15.0 Å². The summed E-state index contributed by atoms with van der Waals surface area (Å²) < 4.78 is 0. The van der Waals surface area contributed by atoms with Crippen molar-refractivity contribution in [1.29, 1.82) is 0 Å². The number of fused-ring (bicyclic) bond motifs is 1. The van der Waals surface area contributed by atoms with Gasteiger partial charge in [0.1, 0.15) is 0 Å². The highest BCUT2D eigenvalue weighted by Gasteiger charge is 2.49. The molecule has 0 aliphatic carbocycles. The van der Waals surface area contributed by atoms with Crippen LogP contribution in [0.25, 0.3) is 0 Å². The van der Waals surface area contributed by atoms with Gasteiger partial charge < -0.3 is 19.8 Å². The van der Waals surface area contributed by atoms with Crippen molar-refractivity contribution in [1.82, 2.24) is 24.9 Å². The maximum Gasteiger partial charge on any atom is 0.325 e. The van der Waals surface area contributed by atoms with Crippen molar-refractivity contribution < 1.29 is 14.7 Å². The number of likely N-dealkylation sites (N-methyl/N-ethyl adjacent to an activating group) is 1. The van der Waals surface area contributed by atoms with Crippen LogP contribution in [0, 0.1) is 0 Å². The van der Waals surface area contributed by atoms with Gasteiger partial charge in [0, 0.05) is 46.3 Å². The summed E-state index contributed by atoms with van der Waals surface area (Å²) in [5, 5.41) is 11.5. The Kier molecular flexibility index (Phi) is 4.96. The van der Waals surface area contributed by atoms with Crippen molar-refractivity contribution in [2.75, 3.05) is 52.9 Å². The molecule has 0 radical (unpaired) electrons. The molecule has 2 atom stereocenters. The molecule has 0 saturated carbocycles. The molecule has 0 aromatic carbocycles. The lowest BCUT2D eigenvalue weighted by Gasteiger charge is -2.40. The van der Waals surface area contributed by atoms with Crippen LogP contribution in [0.5, 0.6) is 0 Å². The number of carbonyl (C=O) groups excluding carboxylic acids is 2. The van der Waals surface area contributed by atoms with Crippen molar-refractivity contribution in [3.63, 3.8) is 0 Å². The molecule has 3 aliphatic rings. The molecular weight excluding hydrogens is 324 g/mol. The number of hydrogen-bond donors (Lipinski definition) is 2.